The van der Waals surface area contributed by atoms with Crippen molar-refractivity contribution >= 4 is 17.3 Å². The van der Waals surface area contributed by atoms with Crippen LogP contribution in [0.25, 0.3) is 0 Å². The summed E-state index contributed by atoms with van der Waals surface area (Å²) < 4.78 is 0. The molecule has 0 radical (unpaired) electrons. The molecule has 1 aromatic rings. The van der Waals surface area contributed by atoms with Gasteiger partial charge in [0.25, 0.3) is 0 Å². The van der Waals surface area contributed by atoms with Crippen LogP contribution in [0.5, 0.6) is 0 Å². The molecule has 2 aliphatic rings. The second-order valence-electron chi connectivity index (χ2n) is 4.01. The molecule has 0 aliphatic heterocycles. The lowest BCUT2D eigenvalue weighted by molar-refractivity contribution is -0.142. The zero-order chi connectivity index (χ0) is 9.05. The second-order valence-corrected chi connectivity index (χ2v) is 5.01. The van der Waals surface area contributed by atoms with Crippen molar-refractivity contribution in [3.05, 3.63) is 21.9 Å². The van der Waals surface area contributed by atoms with Crippen LogP contribution in [-0.2, 0) is 16.6 Å². The fraction of sp³-hybridized carbons (Fsp3) is 0.500. The summed E-state index contributed by atoms with van der Waals surface area (Å²) in [4.78, 5) is 12.3. The van der Waals surface area contributed by atoms with Gasteiger partial charge >= 0.3 is 5.97 Å². The summed E-state index contributed by atoms with van der Waals surface area (Å²) in [6, 6.07) is 2.12. The van der Waals surface area contributed by atoms with E-state index in [4.69, 9.17) is 5.11 Å². The molecule has 1 unspecified atom stereocenters. The van der Waals surface area contributed by atoms with E-state index in [1.807, 2.05) is 0 Å². The third-order valence-corrected chi connectivity index (χ3v) is 4.37. The Morgan fingerprint density at radius 3 is 3.00 bits per heavy atom. The SMILES string of the molecule is O=C(O)C1Cc2sccc2C12CC2. The lowest BCUT2D eigenvalue weighted by Crippen LogP contribution is -2.24. The van der Waals surface area contributed by atoms with Crippen molar-refractivity contribution in [3.63, 3.8) is 0 Å². The molecule has 1 fully saturated rings. The van der Waals surface area contributed by atoms with E-state index in [1.54, 1.807) is 11.3 Å². The Bertz CT molecular complexity index is 376. The van der Waals surface area contributed by atoms with Crippen molar-refractivity contribution < 1.29 is 9.90 Å². The molecule has 0 saturated heterocycles. The van der Waals surface area contributed by atoms with Gasteiger partial charge < -0.3 is 5.11 Å². The van der Waals surface area contributed by atoms with Crippen molar-refractivity contribution in [2.24, 2.45) is 5.92 Å². The zero-order valence-corrected chi connectivity index (χ0v) is 7.93. The molecule has 1 heterocycles. The van der Waals surface area contributed by atoms with Crippen LogP contribution < -0.4 is 0 Å². The van der Waals surface area contributed by atoms with Crippen molar-refractivity contribution in [2.45, 2.75) is 24.7 Å². The Morgan fingerprint density at radius 2 is 2.38 bits per heavy atom. The van der Waals surface area contributed by atoms with Crippen molar-refractivity contribution in [1.82, 2.24) is 0 Å². The molecular formula is C10H10O2S. The summed E-state index contributed by atoms with van der Waals surface area (Å²) >= 11 is 1.71. The van der Waals surface area contributed by atoms with Crippen LogP contribution >= 0.6 is 11.3 Å². The van der Waals surface area contributed by atoms with Gasteiger partial charge in [-0.15, -0.1) is 11.3 Å². The van der Waals surface area contributed by atoms with E-state index in [-0.39, 0.29) is 11.3 Å². The minimum absolute atomic E-state index is 0.0567. The first-order valence-corrected chi connectivity index (χ1v) is 5.42. The third kappa shape index (κ3) is 0.804. The molecule has 2 aliphatic carbocycles. The maximum atomic E-state index is 11.0. The average Bonchev–Trinajstić information content (AvgIpc) is 2.60. The minimum Gasteiger partial charge on any atom is -0.481 e. The molecule has 1 N–H and O–H groups in total. The zero-order valence-electron chi connectivity index (χ0n) is 7.12. The van der Waals surface area contributed by atoms with Gasteiger partial charge in [-0.25, -0.2) is 0 Å². The Kier molecular flexibility index (Phi) is 1.25. The van der Waals surface area contributed by atoms with Gasteiger partial charge in [0.2, 0.25) is 0 Å². The molecule has 3 heteroatoms. The molecule has 68 valence electrons. The van der Waals surface area contributed by atoms with Gasteiger partial charge in [0.05, 0.1) is 5.92 Å². The molecule has 1 aromatic heterocycles. The highest BCUT2D eigenvalue weighted by Crippen LogP contribution is 2.61. The fourth-order valence-electron chi connectivity index (χ4n) is 2.59. The lowest BCUT2D eigenvalue weighted by Gasteiger charge is -2.13. The number of fused-ring (bicyclic) bond motifs is 2. The van der Waals surface area contributed by atoms with Gasteiger partial charge in [-0.3, -0.25) is 4.79 Å². The molecule has 0 aromatic carbocycles. The van der Waals surface area contributed by atoms with Crippen LogP contribution in [0.4, 0.5) is 0 Å². The second kappa shape index (κ2) is 2.15. The summed E-state index contributed by atoms with van der Waals surface area (Å²) in [5.74, 6) is -0.740. The predicted molar refractivity (Wildman–Crippen MR) is 50.1 cm³/mol. The molecule has 0 amide bonds. The van der Waals surface area contributed by atoms with Crippen LogP contribution in [0.3, 0.4) is 0 Å². The normalized spacial score (nSPS) is 27.5. The Morgan fingerprint density at radius 1 is 1.62 bits per heavy atom. The van der Waals surface area contributed by atoms with Crippen molar-refractivity contribution in [1.29, 1.82) is 0 Å². The number of carboxylic acid groups (broad SMARTS) is 1. The van der Waals surface area contributed by atoms with Crippen LogP contribution in [-0.4, -0.2) is 11.1 Å². The first-order chi connectivity index (χ1) is 6.24. The first kappa shape index (κ1) is 7.56. The third-order valence-electron chi connectivity index (χ3n) is 3.43. The van der Waals surface area contributed by atoms with E-state index in [2.05, 4.69) is 11.4 Å². The number of thiophene rings is 1. The Hall–Kier alpha value is -0.830. The van der Waals surface area contributed by atoms with Crippen LogP contribution in [0.15, 0.2) is 11.4 Å². The van der Waals surface area contributed by atoms with Gasteiger partial charge in [-0.2, -0.15) is 0 Å². The average molecular weight is 194 g/mol. The molecule has 0 bridgehead atoms. The summed E-state index contributed by atoms with van der Waals surface area (Å²) in [5, 5.41) is 11.2. The van der Waals surface area contributed by atoms with Crippen molar-refractivity contribution in [3.8, 4) is 0 Å². The van der Waals surface area contributed by atoms with Gasteiger partial charge in [0, 0.05) is 10.3 Å². The van der Waals surface area contributed by atoms with Crippen LogP contribution in [0.2, 0.25) is 0 Å². The maximum Gasteiger partial charge on any atom is 0.307 e. The van der Waals surface area contributed by atoms with Gasteiger partial charge in [0.1, 0.15) is 0 Å². The van der Waals surface area contributed by atoms with E-state index in [1.165, 1.54) is 10.4 Å². The first-order valence-electron chi connectivity index (χ1n) is 4.54. The number of hydrogen-bond donors (Lipinski definition) is 1. The number of hydrogen-bond acceptors (Lipinski definition) is 2. The minimum atomic E-state index is -0.610. The molecule has 1 saturated carbocycles. The summed E-state index contributed by atoms with van der Waals surface area (Å²) in [5.41, 5.74) is 1.39. The summed E-state index contributed by atoms with van der Waals surface area (Å²) in [6.45, 7) is 0. The molecule has 13 heavy (non-hydrogen) atoms. The quantitative estimate of drug-likeness (QED) is 0.742. The Balaban J connectivity index is 2.09. The van der Waals surface area contributed by atoms with E-state index >= 15 is 0 Å². The largest absolute Gasteiger partial charge is 0.481 e. The standard InChI is InChI=1S/C10H10O2S/c11-9(12)7-5-8-6(1-4-13-8)10(7)2-3-10/h1,4,7H,2-3,5H2,(H,11,12). The van der Waals surface area contributed by atoms with E-state index in [9.17, 15) is 4.79 Å². The van der Waals surface area contributed by atoms with Gasteiger partial charge in [-0.1, -0.05) is 0 Å². The maximum absolute atomic E-state index is 11.0. The van der Waals surface area contributed by atoms with Gasteiger partial charge in [-0.05, 0) is 36.3 Å². The lowest BCUT2D eigenvalue weighted by atomic mass is 9.90. The summed E-state index contributed by atoms with van der Waals surface area (Å²) in [7, 11) is 0. The number of aliphatic carboxylic acids is 1. The molecular weight excluding hydrogens is 184 g/mol. The monoisotopic (exact) mass is 194 g/mol. The van der Waals surface area contributed by atoms with Crippen LogP contribution in [0.1, 0.15) is 23.3 Å². The molecule has 2 nitrogen and oxygen atoms in total. The van der Waals surface area contributed by atoms with E-state index in [0.29, 0.717) is 0 Å². The Labute approximate surface area is 80.2 Å². The highest BCUT2D eigenvalue weighted by Gasteiger charge is 2.58. The fourth-order valence-corrected chi connectivity index (χ4v) is 3.62. The smallest absolute Gasteiger partial charge is 0.307 e. The number of rotatable bonds is 1. The van der Waals surface area contributed by atoms with Crippen LogP contribution in [0, 0.1) is 5.92 Å². The van der Waals surface area contributed by atoms with Crippen molar-refractivity contribution in [2.75, 3.05) is 0 Å². The highest BCUT2D eigenvalue weighted by atomic mass is 32.1. The van der Waals surface area contributed by atoms with E-state index < -0.39 is 5.97 Å². The van der Waals surface area contributed by atoms with E-state index in [0.717, 1.165) is 19.3 Å². The number of carbonyl (C=O) groups is 1. The molecule has 1 spiro atoms. The highest BCUT2D eigenvalue weighted by molar-refractivity contribution is 7.10. The van der Waals surface area contributed by atoms with Gasteiger partial charge in [0.15, 0.2) is 0 Å². The predicted octanol–water partition coefficient (Wildman–Crippen LogP) is 2.04. The topological polar surface area (TPSA) is 37.3 Å². The molecule has 1 atom stereocenters. The molecule has 3 rings (SSSR count). The summed E-state index contributed by atoms with van der Waals surface area (Å²) in [6.07, 6.45) is 2.92. The number of carboxylic acids is 1.